The summed E-state index contributed by atoms with van der Waals surface area (Å²) in [4.78, 5) is 33.5. The fourth-order valence-electron chi connectivity index (χ4n) is 3.49. The largest absolute Gasteiger partial charge is 0.497 e. The zero-order valence-corrected chi connectivity index (χ0v) is 21.2. The fraction of sp³-hybridized carbons (Fsp3) is 0.458. The van der Waals surface area contributed by atoms with Crippen molar-refractivity contribution < 1.29 is 23.8 Å². The number of anilines is 1. The van der Waals surface area contributed by atoms with E-state index in [1.807, 2.05) is 13.8 Å². The summed E-state index contributed by atoms with van der Waals surface area (Å²) in [6.45, 7) is 9.27. The molecular formula is C24H32N6O5. The molecule has 0 radical (unpaired) electrons. The van der Waals surface area contributed by atoms with E-state index in [0.29, 0.717) is 35.2 Å². The second kappa shape index (κ2) is 10.6. The van der Waals surface area contributed by atoms with Gasteiger partial charge >= 0.3 is 6.09 Å². The zero-order chi connectivity index (χ0) is 25.8. The molecule has 2 amide bonds. The number of amides is 2. The number of hydrogen-bond acceptors (Lipinski definition) is 8. The highest BCUT2D eigenvalue weighted by Gasteiger charge is 2.18. The lowest BCUT2D eigenvalue weighted by molar-refractivity contribution is -0.116. The minimum Gasteiger partial charge on any atom is -0.497 e. The molecule has 2 heterocycles. The van der Waals surface area contributed by atoms with E-state index in [0.717, 1.165) is 17.0 Å². The number of alkyl carbamates (subject to hydrolysis) is 1. The van der Waals surface area contributed by atoms with Crippen LogP contribution in [-0.4, -0.2) is 51.4 Å². The maximum atomic E-state index is 12.6. The number of aryl methyl sites for hydroxylation is 2. The van der Waals surface area contributed by atoms with Crippen LogP contribution in [0.15, 0.2) is 18.2 Å². The SMILES string of the molecule is COc1cc(NC(=O)CCc2c(C)nc3nc(CNC(=O)OC(C)(C)C)nn3c2C)cc(OC)c1. The van der Waals surface area contributed by atoms with Gasteiger partial charge in [-0.15, -0.1) is 5.10 Å². The Hall–Kier alpha value is -3.89. The molecular weight excluding hydrogens is 452 g/mol. The molecule has 0 saturated heterocycles. The van der Waals surface area contributed by atoms with Crippen molar-refractivity contribution in [3.8, 4) is 11.5 Å². The molecule has 1 aromatic carbocycles. The van der Waals surface area contributed by atoms with Gasteiger partial charge in [0.2, 0.25) is 5.91 Å². The highest BCUT2D eigenvalue weighted by atomic mass is 16.6. The second-order valence-electron chi connectivity index (χ2n) is 9.01. The molecule has 11 nitrogen and oxygen atoms in total. The molecule has 0 unspecified atom stereocenters. The number of rotatable bonds is 8. The van der Waals surface area contributed by atoms with Gasteiger partial charge < -0.3 is 24.8 Å². The normalized spacial score (nSPS) is 11.3. The van der Waals surface area contributed by atoms with Gasteiger partial charge in [-0.2, -0.15) is 4.98 Å². The van der Waals surface area contributed by atoms with E-state index in [-0.39, 0.29) is 18.9 Å². The van der Waals surface area contributed by atoms with Gasteiger partial charge in [0.25, 0.3) is 5.78 Å². The number of fused-ring (bicyclic) bond motifs is 1. The third-order valence-electron chi connectivity index (χ3n) is 5.12. The number of nitrogens with zero attached hydrogens (tertiary/aromatic N) is 4. The quantitative estimate of drug-likeness (QED) is 0.498. The molecule has 0 fully saturated rings. The molecule has 0 saturated carbocycles. The molecule has 0 atom stereocenters. The number of nitrogens with one attached hydrogen (secondary N) is 2. The van der Waals surface area contributed by atoms with Crippen LogP contribution in [0.4, 0.5) is 10.5 Å². The number of aromatic nitrogens is 4. The van der Waals surface area contributed by atoms with Crippen molar-refractivity contribution in [1.82, 2.24) is 24.9 Å². The van der Waals surface area contributed by atoms with Crippen molar-refractivity contribution in [1.29, 1.82) is 0 Å². The van der Waals surface area contributed by atoms with Crippen molar-refractivity contribution in [2.45, 2.75) is 59.6 Å². The lowest BCUT2D eigenvalue weighted by atomic mass is 10.1. The Balaban J connectivity index is 1.68. The Kier molecular flexibility index (Phi) is 7.78. The lowest BCUT2D eigenvalue weighted by Crippen LogP contribution is -2.32. The van der Waals surface area contributed by atoms with Crippen molar-refractivity contribution in [2.75, 3.05) is 19.5 Å². The molecule has 11 heteroatoms. The average molecular weight is 485 g/mol. The van der Waals surface area contributed by atoms with E-state index in [1.54, 1.807) is 57.7 Å². The number of benzene rings is 1. The molecule has 0 aliphatic rings. The topological polar surface area (TPSA) is 129 Å². The third-order valence-corrected chi connectivity index (χ3v) is 5.12. The molecule has 2 N–H and O–H groups in total. The minimum atomic E-state index is -0.592. The van der Waals surface area contributed by atoms with Crippen LogP contribution in [0.2, 0.25) is 0 Å². The summed E-state index contributed by atoms with van der Waals surface area (Å²) < 4.78 is 17.4. The van der Waals surface area contributed by atoms with Crippen LogP contribution < -0.4 is 20.1 Å². The highest BCUT2D eigenvalue weighted by Crippen LogP contribution is 2.26. The molecule has 3 rings (SSSR count). The number of hydrogen-bond donors (Lipinski definition) is 2. The molecule has 3 aromatic rings. The Morgan fingerprint density at radius 3 is 2.29 bits per heavy atom. The summed E-state index contributed by atoms with van der Waals surface area (Å²) in [6, 6.07) is 5.19. The first-order valence-electron chi connectivity index (χ1n) is 11.2. The predicted octanol–water partition coefficient (Wildman–Crippen LogP) is 3.35. The van der Waals surface area contributed by atoms with E-state index < -0.39 is 11.7 Å². The molecule has 0 aliphatic heterocycles. The van der Waals surface area contributed by atoms with Gasteiger partial charge in [-0.1, -0.05) is 0 Å². The van der Waals surface area contributed by atoms with Crippen LogP contribution in [0.1, 0.15) is 50.0 Å². The monoisotopic (exact) mass is 484 g/mol. The maximum absolute atomic E-state index is 12.6. The standard InChI is InChI=1S/C24H32N6O5/c1-14-19(8-9-21(31)27-16-10-17(33-6)12-18(11-16)34-7)15(2)30-22(26-14)28-20(29-30)13-25-23(32)35-24(3,4)5/h10-12H,8-9,13H2,1-7H3,(H,25,32)(H,27,31). The Bertz CT molecular complexity index is 1210. The van der Waals surface area contributed by atoms with Crippen LogP contribution in [-0.2, 0) is 22.5 Å². The summed E-state index contributed by atoms with van der Waals surface area (Å²) in [5.74, 6) is 1.86. The van der Waals surface area contributed by atoms with E-state index in [4.69, 9.17) is 14.2 Å². The molecule has 188 valence electrons. The molecule has 35 heavy (non-hydrogen) atoms. The van der Waals surface area contributed by atoms with E-state index in [1.165, 1.54) is 0 Å². The summed E-state index contributed by atoms with van der Waals surface area (Å²) in [5, 5.41) is 9.99. The van der Waals surface area contributed by atoms with Gasteiger partial charge in [0, 0.05) is 41.7 Å². The van der Waals surface area contributed by atoms with Crippen LogP contribution in [0.5, 0.6) is 11.5 Å². The maximum Gasteiger partial charge on any atom is 0.408 e. The number of carbonyl (C=O) groups excluding carboxylic acids is 2. The average Bonchev–Trinajstić information content (AvgIpc) is 3.19. The third kappa shape index (κ3) is 6.81. The number of carbonyl (C=O) groups is 2. The first-order valence-corrected chi connectivity index (χ1v) is 11.2. The Morgan fingerprint density at radius 1 is 1.03 bits per heavy atom. The van der Waals surface area contributed by atoms with Crippen molar-refractivity contribution >= 4 is 23.5 Å². The van der Waals surface area contributed by atoms with E-state index >= 15 is 0 Å². The van der Waals surface area contributed by atoms with Crippen molar-refractivity contribution in [2.24, 2.45) is 0 Å². The van der Waals surface area contributed by atoms with E-state index in [9.17, 15) is 9.59 Å². The van der Waals surface area contributed by atoms with Crippen molar-refractivity contribution in [3.05, 3.63) is 41.0 Å². The summed E-state index contributed by atoms with van der Waals surface area (Å²) >= 11 is 0. The zero-order valence-electron chi connectivity index (χ0n) is 21.2. The predicted molar refractivity (Wildman–Crippen MR) is 130 cm³/mol. The number of methoxy groups -OCH3 is 2. The second-order valence-corrected chi connectivity index (χ2v) is 9.01. The molecule has 0 bridgehead atoms. The highest BCUT2D eigenvalue weighted by molar-refractivity contribution is 5.91. The number of ether oxygens (including phenoxy) is 3. The summed E-state index contributed by atoms with van der Waals surface area (Å²) in [7, 11) is 3.11. The fourth-order valence-corrected chi connectivity index (χ4v) is 3.49. The Labute approximate surface area is 204 Å². The smallest absolute Gasteiger partial charge is 0.408 e. The summed E-state index contributed by atoms with van der Waals surface area (Å²) in [6.07, 6.45) is 0.173. The van der Waals surface area contributed by atoms with Crippen LogP contribution >= 0.6 is 0 Å². The van der Waals surface area contributed by atoms with E-state index in [2.05, 4.69) is 25.7 Å². The van der Waals surface area contributed by atoms with Crippen LogP contribution in [0.3, 0.4) is 0 Å². The molecule has 0 spiro atoms. The van der Waals surface area contributed by atoms with Gasteiger partial charge in [0.15, 0.2) is 5.82 Å². The van der Waals surface area contributed by atoms with Gasteiger partial charge in [-0.05, 0) is 46.6 Å². The minimum absolute atomic E-state index is 0.110. The van der Waals surface area contributed by atoms with Crippen LogP contribution in [0, 0.1) is 13.8 Å². The summed E-state index contributed by atoms with van der Waals surface area (Å²) in [5.41, 5.74) is 2.51. The van der Waals surface area contributed by atoms with Gasteiger partial charge in [-0.3, -0.25) is 4.79 Å². The Morgan fingerprint density at radius 2 is 1.69 bits per heavy atom. The lowest BCUT2D eigenvalue weighted by Gasteiger charge is -2.19. The first kappa shape index (κ1) is 25.7. The van der Waals surface area contributed by atoms with Crippen LogP contribution in [0.25, 0.3) is 5.78 Å². The van der Waals surface area contributed by atoms with Crippen molar-refractivity contribution in [3.63, 3.8) is 0 Å². The first-order chi connectivity index (χ1) is 16.5. The molecule has 0 aliphatic carbocycles. The van der Waals surface area contributed by atoms with Gasteiger partial charge in [0.1, 0.15) is 17.1 Å². The van der Waals surface area contributed by atoms with Gasteiger partial charge in [-0.25, -0.2) is 14.3 Å². The van der Waals surface area contributed by atoms with Gasteiger partial charge in [0.05, 0.1) is 20.8 Å². The molecule has 2 aromatic heterocycles.